The van der Waals surface area contributed by atoms with Crippen molar-refractivity contribution < 1.29 is 9.21 Å². The lowest BCUT2D eigenvalue weighted by Crippen LogP contribution is -2.40. The van der Waals surface area contributed by atoms with Crippen LogP contribution in [0.2, 0.25) is 0 Å². The monoisotopic (exact) mass is 395 g/mol. The Morgan fingerprint density at radius 3 is 3.04 bits per heavy atom. The van der Waals surface area contributed by atoms with Gasteiger partial charge in [-0.05, 0) is 23.1 Å². The van der Waals surface area contributed by atoms with Gasteiger partial charge in [0.25, 0.3) is 0 Å². The topological polar surface area (TPSA) is 91.6 Å². The fourth-order valence-corrected chi connectivity index (χ4v) is 3.86. The molecule has 0 radical (unpaired) electrons. The molecule has 1 aromatic carbocycles. The molecule has 1 unspecified atom stereocenters. The van der Waals surface area contributed by atoms with Crippen molar-refractivity contribution in [3.8, 4) is 10.8 Å². The largest absolute Gasteiger partial charge is 0.443 e. The molecule has 0 bridgehead atoms. The number of aromatic nitrogens is 1. The van der Waals surface area contributed by atoms with Gasteiger partial charge in [-0.2, -0.15) is 0 Å². The first-order valence-corrected chi connectivity index (χ1v) is 9.92. The SMILES string of the molecule is CN=C(NCc1coc(-c2cccs2)n1)NCC1CC(=O)Nc2ccccc21. The second-order valence-electron chi connectivity index (χ2n) is 6.46. The summed E-state index contributed by atoms with van der Waals surface area (Å²) < 4.78 is 5.54. The molecule has 0 spiro atoms. The van der Waals surface area contributed by atoms with Crippen LogP contribution in [0.4, 0.5) is 5.69 Å². The Labute approximate surface area is 166 Å². The molecule has 8 heteroatoms. The number of aliphatic imine (C=N–C) groups is 1. The maximum atomic E-state index is 12.0. The molecule has 144 valence electrons. The van der Waals surface area contributed by atoms with Crippen molar-refractivity contribution in [2.75, 3.05) is 18.9 Å². The van der Waals surface area contributed by atoms with Crippen LogP contribution in [0.3, 0.4) is 0 Å². The molecule has 7 nitrogen and oxygen atoms in total. The number of amides is 1. The van der Waals surface area contributed by atoms with Crippen molar-refractivity contribution >= 4 is 28.9 Å². The van der Waals surface area contributed by atoms with E-state index in [-0.39, 0.29) is 11.8 Å². The molecule has 0 aliphatic carbocycles. The maximum Gasteiger partial charge on any atom is 0.236 e. The highest BCUT2D eigenvalue weighted by Crippen LogP contribution is 2.31. The van der Waals surface area contributed by atoms with Gasteiger partial charge in [0.1, 0.15) is 6.26 Å². The van der Waals surface area contributed by atoms with E-state index in [0.29, 0.717) is 31.4 Å². The van der Waals surface area contributed by atoms with E-state index in [9.17, 15) is 4.79 Å². The number of hydrogen-bond acceptors (Lipinski definition) is 5. The third kappa shape index (κ3) is 4.07. The molecule has 0 saturated carbocycles. The molecule has 1 aliphatic heterocycles. The predicted molar refractivity (Wildman–Crippen MR) is 110 cm³/mol. The van der Waals surface area contributed by atoms with Gasteiger partial charge in [-0.3, -0.25) is 9.79 Å². The van der Waals surface area contributed by atoms with Crippen LogP contribution in [0.5, 0.6) is 0 Å². The summed E-state index contributed by atoms with van der Waals surface area (Å²) in [5, 5.41) is 11.5. The molecule has 4 rings (SSSR count). The molecule has 1 amide bonds. The highest BCUT2D eigenvalue weighted by molar-refractivity contribution is 7.13. The van der Waals surface area contributed by atoms with Gasteiger partial charge in [0.05, 0.1) is 17.1 Å². The lowest BCUT2D eigenvalue weighted by atomic mass is 9.90. The third-order valence-corrected chi connectivity index (χ3v) is 5.42. The second-order valence-corrected chi connectivity index (χ2v) is 7.41. The molecule has 1 aliphatic rings. The van der Waals surface area contributed by atoms with Crippen LogP contribution in [-0.2, 0) is 11.3 Å². The summed E-state index contributed by atoms with van der Waals surface area (Å²) in [5.41, 5.74) is 2.83. The number of anilines is 1. The van der Waals surface area contributed by atoms with E-state index in [1.807, 2.05) is 35.7 Å². The van der Waals surface area contributed by atoms with Gasteiger partial charge in [0.15, 0.2) is 5.96 Å². The number of hydrogen-bond donors (Lipinski definition) is 3. The standard InChI is InChI=1S/C20H21N5O2S/c1-21-20(23-11-14-12-27-19(24-14)17-7-4-8-28-17)22-10-13-9-18(26)25-16-6-3-2-5-15(13)16/h2-8,12-13H,9-11H2,1H3,(H,25,26)(H2,21,22,23). The van der Waals surface area contributed by atoms with Crippen LogP contribution < -0.4 is 16.0 Å². The Morgan fingerprint density at radius 2 is 2.21 bits per heavy atom. The summed E-state index contributed by atoms with van der Waals surface area (Å²) in [7, 11) is 1.72. The number of para-hydroxylation sites is 1. The Hall–Kier alpha value is -3.13. The Bertz CT molecular complexity index is 980. The summed E-state index contributed by atoms with van der Waals surface area (Å²) in [6.07, 6.45) is 2.10. The molecular weight excluding hydrogens is 374 g/mol. The summed E-state index contributed by atoms with van der Waals surface area (Å²) in [4.78, 5) is 21.7. The normalized spacial score (nSPS) is 16.4. The van der Waals surface area contributed by atoms with E-state index >= 15 is 0 Å². The highest BCUT2D eigenvalue weighted by Gasteiger charge is 2.24. The van der Waals surface area contributed by atoms with Crippen molar-refractivity contribution in [1.82, 2.24) is 15.6 Å². The molecule has 0 saturated heterocycles. The summed E-state index contributed by atoms with van der Waals surface area (Å²) >= 11 is 1.59. The third-order valence-electron chi connectivity index (χ3n) is 4.57. The molecule has 3 heterocycles. The van der Waals surface area contributed by atoms with Gasteiger partial charge in [0, 0.05) is 31.6 Å². The van der Waals surface area contributed by atoms with Gasteiger partial charge >= 0.3 is 0 Å². The number of thiophene rings is 1. The van der Waals surface area contributed by atoms with E-state index in [4.69, 9.17) is 4.42 Å². The molecule has 3 N–H and O–H groups in total. The van der Waals surface area contributed by atoms with Crippen molar-refractivity contribution in [2.24, 2.45) is 4.99 Å². The number of oxazole rings is 1. The molecular formula is C20H21N5O2S. The molecule has 3 aromatic rings. The summed E-state index contributed by atoms with van der Waals surface area (Å²) in [5.74, 6) is 1.42. The highest BCUT2D eigenvalue weighted by atomic mass is 32.1. The number of carbonyl (C=O) groups is 1. The smallest absolute Gasteiger partial charge is 0.236 e. The fourth-order valence-electron chi connectivity index (χ4n) is 3.20. The molecule has 2 aromatic heterocycles. The van der Waals surface area contributed by atoms with Gasteiger partial charge < -0.3 is 20.4 Å². The average molecular weight is 395 g/mol. The van der Waals surface area contributed by atoms with E-state index in [1.54, 1.807) is 24.6 Å². The Morgan fingerprint density at radius 1 is 1.32 bits per heavy atom. The van der Waals surface area contributed by atoms with Crippen molar-refractivity contribution in [3.63, 3.8) is 0 Å². The lowest BCUT2D eigenvalue weighted by molar-refractivity contribution is -0.116. The first-order valence-electron chi connectivity index (χ1n) is 9.04. The first-order chi connectivity index (χ1) is 13.7. The Balaban J connectivity index is 1.34. The zero-order valence-corrected chi connectivity index (χ0v) is 16.3. The minimum atomic E-state index is 0.0390. The number of benzene rings is 1. The fraction of sp³-hybridized carbons (Fsp3) is 0.250. The van der Waals surface area contributed by atoms with Crippen LogP contribution in [0, 0.1) is 0 Å². The van der Waals surface area contributed by atoms with Crippen molar-refractivity contribution in [1.29, 1.82) is 0 Å². The number of guanidine groups is 1. The zero-order valence-electron chi connectivity index (χ0n) is 15.4. The second kappa shape index (κ2) is 8.26. The van der Waals surface area contributed by atoms with Crippen LogP contribution >= 0.6 is 11.3 Å². The van der Waals surface area contributed by atoms with E-state index in [0.717, 1.165) is 21.8 Å². The van der Waals surface area contributed by atoms with Gasteiger partial charge in [-0.1, -0.05) is 24.3 Å². The van der Waals surface area contributed by atoms with Gasteiger partial charge in [-0.25, -0.2) is 4.98 Å². The van der Waals surface area contributed by atoms with Gasteiger partial charge in [0.2, 0.25) is 11.8 Å². The molecule has 28 heavy (non-hydrogen) atoms. The van der Waals surface area contributed by atoms with Crippen LogP contribution in [0.15, 0.2) is 57.5 Å². The van der Waals surface area contributed by atoms with E-state index < -0.39 is 0 Å². The van der Waals surface area contributed by atoms with Crippen LogP contribution in [0.25, 0.3) is 10.8 Å². The minimum absolute atomic E-state index is 0.0390. The Kier molecular flexibility index (Phi) is 5.38. The number of carbonyl (C=O) groups excluding carboxylic acids is 1. The van der Waals surface area contributed by atoms with E-state index in [2.05, 4.69) is 32.0 Å². The summed E-state index contributed by atoms with van der Waals surface area (Å²) in [6, 6.07) is 11.9. The quantitative estimate of drug-likeness (QED) is 0.456. The van der Waals surface area contributed by atoms with Crippen LogP contribution in [-0.4, -0.2) is 30.4 Å². The zero-order chi connectivity index (χ0) is 19.3. The van der Waals surface area contributed by atoms with Gasteiger partial charge in [-0.15, -0.1) is 11.3 Å². The first kappa shape index (κ1) is 18.2. The number of fused-ring (bicyclic) bond motifs is 1. The predicted octanol–water partition coefficient (Wildman–Crippen LogP) is 3.19. The van der Waals surface area contributed by atoms with Crippen molar-refractivity contribution in [3.05, 3.63) is 59.3 Å². The van der Waals surface area contributed by atoms with Crippen LogP contribution in [0.1, 0.15) is 23.6 Å². The van der Waals surface area contributed by atoms with Crippen molar-refractivity contribution in [2.45, 2.75) is 18.9 Å². The molecule has 0 fully saturated rings. The minimum Gasteiger partial charge on any atom is -0.443 e. The molecule has 1 atom stereocenters. The number of rotatable bonds is 5. The lowest BCUT2D eigenvalue weighted by Gasteiger charge is -2.26. The summed E-state index contributed by atoms with van der Waals surface area (Å²) in [6.45, 7) is 1.11. The maximum absolute atomic E-state index is 12.0. The van der Waals surface area contributed by atoms with E-state index in [1.165, 1.54) is 0 Å². The average Bonchev–Trinajstić information content (AvgIpc) is 3.39. The number of nitrogens with one attached hydrogen (secondary N) is 3. The number of nitrogens with zero attached hydrogens (tertiary/aromatic N) is 2.